The number of amides is 1. The fourth-order valence-electron chi connectivity index (χ4n) is 2.62. The zero-order valence-corrected chi connectivity index (χ0v) is 12.0. The lowest BCUT2D eigenvalue weighted by Gasteiger charge is -2.48. The van der Waals surface area contributed by atoms with Crippen LogP contribution >= 0.6 is 0 Å². The molecule has 3 rings (SSSR count). The van der Waals surface area contributed by atoms with Crippen molar-refractivity contribution in [3.63, 3.8) is 0 Å². The summed E-state index contributed by atoms with van der Waals surface area (Å²) in [6, 6.07) is 4.93. The van der Waals surface area contributed by atoms with E-state index in [1.165, 1.54) is 12.3 Å². The number of sulfone groups is 1. The van der Waals surface area contributed by atoms with Crippen molar-refractivity contribution in [2.24, 2.45) is 0 Å². The first-order chi connectivity index (χ1) is 10.2. The van der Waals surface area contributed by atoms with Crippen LogP contribution in [0.15, 0.2) is 30.0 Å². The minimum Gasteiger partial charge on any atom is -0.479 e. The van der Waals surface area contributed by atoms with Crippen molar-refractivity contribution in [1.29, 1.82) is 0 Å². The summed E-state index contributed by atoms with van der Waals surface area (Å²) in [6.07, 6.45) is 2.81. The van der Waals surface area contributed by atoms with Crippen LogP contribution in [0.2, 0.25) is 0 Å². The Morgan fingerprint density at radius 3 is 2.82 bits per heavy atom. The number of hydrogen-bond donors (Lipinski definition) is 1. The van der Waals surface area contributed by atoms with Crippen LogP contribution in [0.5, 0.6) is 0 Å². The second kappa shape index (κ2) is 4.60. The monoisotopic (exact) mass is 326 g/mol. The lowest BCUT2D eigenvalue weighted by Crippen LogP contribution is -2.70. The molecular weight excluding hydrogens is 315 g/mol. The summed E-state index contributed by atoms with van der Waals surface area (Å²) in [5.41, 5.74) is -2.59. The Bertz CT molecular complexity index is 792. The molecule has 1 aromatic rings. The van der Waals surface area contributed by atoms with Gasteiger partial charge in [-0.25, -0.2) is 17.6 Å². The molecule has 0 aliphatic carbocycles. The number of carbonyl (C=O) groups excluding carboxylic acids is 1. The van der Waals surface area contributed by atoms with Crippen molar-refractivity contribution in [2.75, 3.05) is 12.3 Å². The van der Waals surface area contributed by atoms with Crippen molar-refractivity contribution in [3.8, 4) is 0 Å². The molecule has 2 aliphatic heterocycles. The highest BCUT2D eigenvalue weighted by Crippen LogP contribution is 2.39. The summed E-state index contributed by atoms with van der Waals surface area (Å²) >= 11 is 0. The summed E-state index contributed by atoms with van der Waals surface area (Å²) in [6.45, 7) is -0.773. The number of carbonyl (C=O) groups is 2. The maximum Gasteiger partial charge on any atom is 0.344 e. The molecule has 0 bridgehead atoms. The van der Waals surface area contributed by atoms with E-state index in [9.17, 15) is 22.4 Å². The number of fused-ring (bicyclic) bond motifs is 1. The van der Waals surface area contributed by atoms with E-state index >= 15 is 0 Å². The predicted octanol–water partition coefficient (Wildman–Crippen LogP) is -0.145. The number of aromatic nitrogens is 1. The van der Waals surface area contributed by atoms with Crippen molar-refractivity contribution >= 4 is 27.8 Å². The average molecular weight is 326 g/mol. The number of alkyl halides is 1. The lowest BCUT2D eigenvalue weighted by atomic mass is 9.99. The van der Waals surface area contributed by atoms with Gasteiger partial charge >= 0.3 is 5.97 Å². The van der Waals surface area contributed by atoms with Gasteiger partial charge in [-0.1, -0.05) is 6.07 Å². The molecule has 0 saturated carbocycles. The van der Waals surface area contributed by atoms with Crippen molar-refractivity contribution in [2.45, 2.75) is 11.0 Å². The predicted molar refractivity (Wildman–Crippen MR) is 73.0 cm³/mol. The highest BCUT2D eigenvalue weighted by molar-refractivity contribution is 7.92. The van der Waals surface area contributed by atoms with E-state index in [1.54, 1.807) is 18.2 Å². The number of nitrogens with zero attached hydrogens (tertiary/aromatic N) is 2. The molecule has 7 nitrogen and oxygen atoms in total. The molecule has 1 amide bonds. The van der Waals surface area contributed by atoms with Gasteiger partial charge in [-0.2, -0.15) is 0 Å². The smallest absolute Gasteiger partial charge is 0.344 e. The van der Waals surface area contributed by atoms with E-state index in [0.29, 0.717) is 5.69 Å². The number of aliphatic carboxylic acids is 1. The van der Waals surface area contributed by atoms with Gasteiger partial charge in [0, 0.05) is 6.20 Å². The fraction of sp³-hybridized carbons (Fsp3) is 0.308. The summed E-state index contributed by atoms with van der Waals surface area (Å²) in [5, 5.41) is 7.54. The van der Waals surface area contributed by atoms with Crippen LogP contribution in [-0.4, -0.2) is 58.6 Å². The Morgan fingerprint density at radius 2 is 2.23 bits per heavy atom. The first kappa shape index (κ1) is 14.6. The molecule has 1 N–H and O–H groups in total. The third kappa shape index (κ3) is 2.08. The number of carboxylic acid groups (broad SMARTS) is 1. The van der Waals surface area contributed by atoms with E-state index in [4.69, 9.17) is 5.11 Å². The Morgan fingerprint density at radius 1 is 1.50 bits per heavy atom. The van der Waals surface area contributed by atoms with Crippen LogP contribution in [0.1, 0.15) is 5.69 Å². The fourth-order valence-corrected chi connectivity index (χ4v) is 4.74. The van der Waals surface area contributed by atoms with Gasteiger partial charge in [-0.05, 0) is 18.2 Å². The van der Waals surface area contributed by atoms with Gasteiger partial charge in [-0.3, -0.25) is 9.78 Å². The molecule has 1 unspecified atom stereocenters. The minimum absolute atomic E-state index is 0.0221. The van der Waals surface area contributed by atoms with Gasteiger partial charge in [0.05, 0.1) is 23.6 Å². The first-order valence-corrected chi connectivity index (χ1v) is 8.04. The number of halogens is 1. The number of pyridine rings is 1. The Balaban J connectivity index is 1.98. The maximum absolute atomic E-state index is 14.2. The van der Waals surface area contributed by atoms with Gasteiger partial charge in [0.2, 0.25) is 5.67 Å². The molecule has 0 radical (unpaired) electrons. The van der Waals surface area contributed by atoms with Crippen LogP contribution in [0.3, 0.4) is 0 Å². The molecule has 1 aromatic heterocycles. The molecule has 3 heterocycles. The molecule has 22 heavy (non-hydrogen) atoms. The lowest BCUT2D eigenvalue weighted by molar-refractivity contribution is -0.154. The third-order valence-corrected chi connectivity index (χ3v) is 5.67. The molecule has 2 aliphatic rings. The molecule has 2 fully saturated rings. The quantitative estimate of drug-likeness (QED) is 0.599. The number of carboxylic acids is 1. The van der Waals surface area contributed by atoms with Crippen molar-refractivity contribution in [3.05, 3.63) is 35.7 Å². The van der Waals surface area contributed by atoms with Gasteiger partial charge in [0.15, 0.2) is 15.2 Å². The molecule has 2 saturated heterocycles. The van der Waals surface area contributed by atoms with E-state index in [0.717, 1.165) is 4.90 Å². The number of β-lactam (4-membered cyclic amide) rings is 1. The van der Waals surface area contributed by atoms with Crippen LogP contribution in [0.25, 0.3) is 6.08 Å². The molecule has 2 atom stereocenters. The van der Waals surface area contributed by atoms with Gasteiger partial charge in [-0.15, -0.1) is 0 Å². The van der Waals surface area contributed by atoms with E-state index in [1.807, 2.05) is 0 Å². The third-order valence-electron chi connectivity index (χ3n) is 3.62. The van der Waals surface area contributed by atoms with Crippen molar-refractivity contribution in [1.82, 2.24) is 9.88 Å². The highest BCUT2D eigenvalue weighted by Gasteiger charge is 2.61. The first-order valence-electron chi connectivity index (χ1n) is 6.32. The Hall–Kier alpha value is -2.29. The zero-order valence-electron chi connectivity index (χ0n) is 11.1. The largest absolute Gasteiger partial charge is 0.479 e. The molecular formula is C13H11FN2O5S. The molecule has 0 spiro atoms. The van der Waals surface area contributed by atoms with E-state index in [2.05, 4.69) is 4.98 Å². The number of hydrogen-bond acceptors (Lipinski definition) is 5. The SMILES string of the molecule is O=C1C(=Cc2ccccn2)[C@@H]2N1CC(F)(C(=O)O)CS2(=O)=O. The summed E-state index contributed by atoms with van der Waals surface area (Å²) < 4.78 is 38.5. The molecule has 0 aromatic carbocycles. The number of rotatable bonds is 2. The normalized spacial score (nSPS) is 31.5. The van der Waals surface area contributed by atoms with Crippen LogP contribution in [0.4, 0.5) is 4.39 Å². The summed E-state index contributed by atoms with van der Waals surface area (Å²) in [5.74, 6) is -3.73. The summed E-state index contributed by atoms with van der Waals surface area (Å²) in [7, 11) is -4.13. The maximum atomic E-state index is 14.2. The Labute approximate surface area is 125 Å². The topological polar surface area (TPSA) is 105 Å². The molecule has 116 valence electrons. The summed E-state index contributed by atoms with van der Waals surface area (Å²) in [4.78, 5) is 27.6. The average Bonchev–Trinajstić information content (AvgIpc) is 2.45. The van der Waals surface area contributed by atoms with Gasteiger partial charge < -0.3 is 10.0 Å². The van der Waals surface area contributed by atoms with Crippen LogP contribution in [-0.2, 0) is 19.4 Å². The second-order valence-corrected chi connectivity index (χ2v) is 7.28. The minimum atomic E-state index is -4.13. The van der Waals surface area contributed by atoms with E-state index < -0.39 is 45.1 Å². The highest BCUT2D eigenvalue weighted by atomic mass is 32.2. The van der Waals surface area contributed by atoms with Gasteiger partial charge in [0.25, 0.3) is 5.91 Å². The molecule has 9 heteroatoms. The Kier molecular flexibility index (Phi) is 3.06. The van der Waals surface area contributed by atoms with Crippen molar-refractivity contribution < 1.29 is 27.5 Å². The zero-order chi connectivity index (χ0) is 16.1. The van der Waals surface area contributed by atoms with Crippen LogP contribution in [0, 0.1) is 0 Å². The van der Waals surface area contributed by atoms with E-state index in [-0.39, 0.29) is 5.57 Å². The standard InChI is InChI=1S/C13H11FN2O5S/c14-13(12(18)19)6-16-10(17)9(11(16)22(20,21)7-13)5-8-3-1-2-4-15-8/h1-5,11H,6-7H2,(H,18,19)/t11-,13?/m1/s1. The second-order valence-electron chi connectivity index (χ2n) is 5.22. The van der Waals surface area contributed by atoms with Gasteiger partial charge in [0.1, 0.15) is 0 Å². The van der Waals surface area contributed by atoms with Crippen LogP contribution < -0.4 is 0 Å².